The summed E-state index contributed by atoms with van der Waals surface area (Å²) in [5.41, 5.74) is 1.63. The molecule has 1 aromatic heterocycles. The van der Waals surface area contributed by atoms with Crippen molar-refractivity contribution in [3.63, 3.8) is 0 Å². The van der Waals surface area contributed by atoms with Gasteiger partial charge in [-0.15, -0.1) is 11.3 Å². The number of hydrogen-bond donors (Lipinski definition) is 1. The second kappa shape index (κ2) is 7.70. The molecule has 132 valence electrons. The smallest absolute Gasteiger partial charge is 0.257 e. The third-order valence-corrected chi connectivity index (χ3v) is 5.22. The van der Waals surface area contributed by atoms with E-state index in [1.165, 1.54) is 4.88 Å². The van der Waals surface area contributed by atoms with Crippen LogP contribution in [0.5, 0.6) is 11.5 Å². The predicted molar refractivity (Wildman–Crippen MR) is 99.9 cm³/mol. The average molecular weight is 358 g/mol. The van der Waals surface area contributed by atoms with Crippen LogP contribution in [0.3, 0.4) is 0 Å². The number of nitrogens with one attached hydrogen (secondary N) is 1. The normalized spacial score (nSPS) is 16.0. The molecule has 0 saturated carbocycles. The molecule has 1 heterocycles. The summed E-state index contributed by atoms with van der Waals surface area (Å²) in [7, 11) is 1.55. The number of anilines is 1. The molecule has 25 heavy (non-hydrogen) atoms. The number of aryl methyl sites for hydroxylation is 1. The monoisotopic (exact) mass is 358 g/mol. The number of thiazole rings is 1. The highest BCUT2D eigenvalue weighted by molar-refractivity contribution is 7.15. The van der Waals surface area contributed by atoms with E-state index in [-0.39, 0.29) is 5.91 Å². The van der Waals surface area contributed by atoms with Crippen LogP contribution in [0.1, 0.15) is 34.3 Å². The van der Waals surface area contributed by atoms with Gasteiger partial charge in [0.15, 0.2) is 16.6 Å². The molecule has 1 N–H and O–H groups in total. The van der Waals surface area contributed by atoms with E-state index in [1.807, 2.05) is 0 Å². The van der Waals surface area contributed by atoms with Crippen molar-refractivity contribution in [3.8, 4) is 11.5 Å². The molecule has 0 bridgehead atoms. The number of fused-ring (bicyclic) bond motifs is 1. The molecular weight excluding hydrogens is 336 g/mol. The number of carbonyl (C=O) groups excluding carboxylic acids is 1. The van der Waals surface area contributed by atoms with E-state index in [2.05, 4.69) is 23.8 Å². The molecule has 0 fully saturated rings. The number of nitrogens with zero attached hydrogens (tertiary/aromatic N) is 1. The van der Waals surface area contributed by atoms with Gasteiger partial charge in [0.2, 0.25) is 0 Å². The van der Waals surface area contributed by atoms with Gasteiger partial charge in [-0.2, -0.15) is 0 Å². The van der Waals surface area contributed by atoms with E-state index in [1.54, 1.807) is 42.7 Å². The van der Waals surface area contributed by atoms with Gasteiger partial charge in [0, 0.05) is 10.4 Å². The molecule has 1 aliphatic carbocycles. The zero-order valence-corrected chi connectivity index (χ0v) is 15.3. The Labute approximate surface area is 151 Å². The van der Waals surface area contributed by atoms with Gasteiger partial charge in [0.05, 0.1) is 12.8 Å². The van der Waals surface area contributed by atoms with Gasteiger partial charge < -0.3 is 9.47 Å². The highest BCUT2D eigenvalue weighted by atomic mass is 32.1. The molecule has 5 nitrogen and oxygen atoms in total. The lowest BCUT2D eigenvalue weighted by Gasteiger charge is -2.15. The summed E-state index contributed by atoms with van der Waals surface area (Å²) in [5.74, 6) is 1.58. The number of benzene rings is 1. The summed E-state index contributed by atoms with van der Waals surface area (Å²) in [6, 6.07) is 5.11. The fraction of sp³-hybridized carbons (Fsp3) is 0.368. The molecule has 2 aromatic rings. The predicted octanol–water partition coefficient (Wildman–Crippen LogP) is 4.09. The topological polar surface area (TPSA) is 60.5 Å². The number of amides is 1. The summed E-state index contributed by atoms with van der Waals surface area (Å²) in [6.45, 7) is 6.25. The van der Waals surface area contributed by atoms with Crippen molar-refractivity contribution in [3.05, 3.63) is 47.0 Å². The molecule has 1 amide bonds. The summed E-state index contributed by atoms with van der Waals surface area (Å²) >= 11 is 1.58. The lowest BCUT2D eigenvalue weighted by atomic mass is 9.93. The minimum Gasteiger partial charge on any atom is -0.493 e. The van der Waals surface area contributed by atoms with Crippen LogP contribution < -0.4 is 14.8 Å². The van der Waals surface area contributed by atoms with E-state index in [9.17, 15) is 4.79 Å². The molecule has 0 spiro atoms. The fourth-order valence-electron chi connectivity index (χ4n) is 2.84. The fourth-order valence-corrected chi connectivity index (χ4v) is 4.01. The van der Waals surface area contributed by atoms with Gasteiger partial charge in [-0.05, 0) is 43.4 Å². The Morgan fingerprint density at radius 2 is 2.32 bits per heavy atom. The van der Waals surface area contributed by atoms with E-state index >= 15 is 0 Å². The van der Waals surface area contributed by atoms with E-state index in [0.29, 0.717) is 34.7 Å². The lowest BCUT2D eigenvalue weighted by molar-refractivity contribution is 0.102. The summed E-state index contributed by atoms with van der Waals surface area (Å²) in [6.07, 6.45) is 4.86. The average Bonchev–Trinajstić information content (AvgIpc) is 3.00. The maximum atomic E-state index is 12.5. The van der Waals surface area contributed by atoms with Crippen molar-refractivity contribution in [1.29, 1.82) is 0 Å². The molecule has 1 atom stereocenters. The minimum absolute atomic E-state index is 0.201. The van der Waals surface area contributed by atoms with Crippen molar-refractivity contribution < 1.29 is 14.3 Å². The second-order valence-electron chi connectivity index (χ2n) is 6.16. The Kier molecular flexibility index (Phi) is 5.38. The zero-order valence-electron chi connectivity index (χ0n) is 14.5. The summed E-state index contributed by atoms with van der Waals surface area (Å²) in [4.78, 5) is 18.4. The van der Waals surface area contributed by atoms with Crippen molar-refractivity contribution in [1.82, 2.24) is 4.98 Å². The molecule has 3 rings (SSSR count). The van der Waals surface area contributed by atoms with E-state index in [4.69, 9.17) is 9.47 Å². The van der Waals surface area contributed by atoms with Gasteiger partial charge in [-0.25, -0.2) is 4.98 Å². The van der Waals surface area contributed by atoms with Crippen LogP contribution in [-0.2, 0) is 12.8 Å². The first kappa shape index (κ1) is 17.5. The Balaban J connectivity index is 1.74. The first-order valence-electron chi connectivity index (χ1n) is 8.32. The molecule has 1 unspecified atom stereocenters. The zero-order chi connectivity index (χ0) is 17.8. The SMILES string of the molecule is C=CCOc1ccc(C(=O)Nc2nc3c(s2)CC(C)CC3)cc1OC. The van der Waals surface area contributed by atoms with E-state index < -0.39 is 0 Å². The highest BCUT2D eigenvalue weighted by Crippen LogP contribution is 2.33. The van der Waals surface area contributed by atoms with Crippen LogP contribution in [0.15, 0.2) is 30.9 Å². The third-order valence-electron chi connectivity index (χ3n) is 4.19. The van der Waals surface area contributed by atoms with Gasteiger partial charge >= 0.3 is 0 Å². The standard InChI is InChI=1S/C19H22N2O3S/c1-4-9-24-15-8-6-13(11-16(15)23-3)18(22)21-19-20-14-7-5-12(2)10-17(14)25-19/h4,6,8,11-12H,1,5,7,9-10H2,2-3H3,(H,20,21,22). The quantitative estimate of drug-likeness (QED) is 0.790. The van der Waals surface area contributed by atoms with Crippen LogP contribution in [0, 0.1) is 5.92 Å². The second-order valence-corrected chi connectivity index (χ2v) is 7.24. The number of rotatable bonds is 6. The Bertz CT molecular complexity index is 785. The Morgan fingerprint density at radius 1 is 1.48 bits per heavy atom. The molecule has 6 heteroatoms. The van der Waals surface area contributed by atoms with Crippen molar-refractivity contribution in [2.24, 2.45) is 5.92 Å². The number of ether oxygens (including phenoxy) is 2. The summed E-state index contributed by atoms with van der Waals surface area (Å²) < 4.78 is 10.8. The van der Waals surface area contributed by atoms with Gasteiger partial charge in [-0.3, -0.25) is 10.1 Å². The van der Waals surface area contributed by atoms with Gasteiger partial charge in [0.25, 0.3) is 5.91 Å². The van der Waals surface area contributed by atoms with Crippen LogP contribution in [0.25, 0.3) is 0 Å². The van der Waals surface area contributed by atoms with Crippen LogP contribution in [-0.4, -0.2) is 24.6 Å². The van der Waals surface area contributed by atoms with Crippen LogP contribution in [0.4, 0.5) is 5.13 Å². The van der Waals surface area contributed by atoms with Crippen LogP contribution in [0.2, 0.25) is 0 Å². The molecule has 1 aromatic carbocycles. The lowest BCUT2D eigenvalue weighted by Crippen LogP contribution is -2.12. The number of aromatic nitrogens is 1. The highest BCUT2D eigenvalue weighted by Gasteiger charge is 2.21. The minimum atomic E-state index is -0.201. The number of carbonyl (C=O) groups is 1. The van der Waals surface area contributed by atoms with Crippen molar-refractivity contribution in [2.45, 2.75) is 26.2 Å². The molecule has 0 saturated heterocycles. The van der Waals surface area contributed by atoms with Crippen molar-refractivity contribution in [2.75, 3.05) is 19.0 Å². The Hall–Kier alpha value is -2.34. The van der Waals surface area contributed by atoms with E-state index in [0.717, 1.165) is 25.0 Å². The molecular formula is C19H22N2O3S. The molecule has 0 aliphatic heterocycles. The number of hydrogen-bond acceptors (Lipinski definition) is 5. The van der Waals surface area contributed by atoms with Gasteiger partial charge in [-0.1, -0.05) is 19.6 Å². The third kappa shape index (κ3) is 4.02. The van der Waals surface area contributed by atoms with Crippen molar-refractivity contribution >= 4 is 22.4 Å². The summed E-state index contributed by atoms with van der Waals surface area (Å²) in [5, 5.41) is 3.56. The first-order chi connectivity index (χ1) is 12.1. The largest absolute Gasteiger partial charge is 0.493 e. The Morgan fingerprint density at radius 3 is 3.08 bits per heavy atom. The molecule has 0 radical (unpaired) electrons. The van der Waals surface area contributed by atoms with Gasteiger partial charge in [0.1, 0.15) is 6.61 Å². The maximum Gasteiger partial charge on any atom is 0.257 e. The van der Waals surface area contributed by atoms with Crippen LogP contribution >= 0.6 is 11.3 Å². The molecule has 1 aliphatic rings. The first-order valence-corrected chi connectivity index (χ1v) is 9.14. The maximum absolute atomic E-state index is 12.5. The number of methoxy groups -OCH3 is 1.